The van der Waals surface area contributed by atoms with Gasteiger partial charge in [0.25, 0.3) is 0 Å². The van der Waals surface area contributed by atoms with Crippen molar-refractivity contribution in [3.05, 3.63) is 60.2 Å². The van der Waals surface area contributed by atoms with E-state index in [1.807, 2.05) is 54.3 Å². The van der Waals surface area contributed by atoms with Crippen LogP contribution in [0.25, 0.3) is 11.4 Å². The third kappa shape index (κ3) is 4.22. The van der Waals surface area contributed by atoms with Crippen LogP contribution in [0.5, 0.6) is 0 Å². The molecule has 1 saturated heterocycles. The third-order valence-corrected chi connectivity index (χ3v) is 6.06. The highest BCUT2D eigenvalue weighted by molar-refractivity contribution is 7.99. The van der Waals surface area contributed by atoms with Crippen molar-refractivity contribution in [1.29, 1.82) is 0 Å². The Morgan fingerprint density at radius 3 is 2.41 bits per heavy atom. The van der Waals surface area contributed by atoms with Crippen molar-refractivity contribution in [3.63, 3.8) is 0 Å². The van der Waals surface area contributed by atoms with E-state index in [1.165, 1.54) is 22.1 Å². The molecule has 2 aromatic carbocycles. The number of rotatable bonds is 5. The Morgan fingerprint density at radius 1 is 1.00 bits per heavy atom. The van der Waals surface area contributed by atoms with Gasteiger partial charge in [-0.05, 0) is 24.6 Å². The van der Waals surface area contributed by atoms with E-state index in [0.29, 0.717) is 16.7 Å². The highest BCUT2D eigenvalue weighted by Crippen LogP contribution is 2.24. The smallest absolute Gasteiger partial charge is 0.233 e. The van der Waals surface area contributed by atoms with Crippen LogP contribution in [0.15, 0.2) is 59.8 Å². The van der Waals surface area contributed by atoms with Crippen LogP contribution in [-0.4, -0.2) is 57.6 Å². The fraction of sp³-hybridized carbons (Fsp3) is 0.286. The molecule has 1 aromatic heterocycles. The van der Waals surface area contributed by atoms with Crippen LogP contribution in [0.3, 0.4) is 0 Å². The van der Waals surface area contributed by atoms with E-state index in [-0.39, 0.29) is 5.91 Å². The van der Waals surface area contributed by atoms with E-state index in [4.69, 9.17) is 5.84 Å². The highest BCUT2D eigenvalue weighted by Gasteiger charge is 2.22. The van der Waals surface area contributed by atoms with Gasteiger partial charge in [0.1, 0.15) is 0 Å². The van der Waals surface area contributed by atoms with Crippen LogP contribution in [0.1, 0.15) is 5.56 Å². The zero-order valence-corrected chi connectivity index (χ0v) is 17.2. The number of amides is 1. The van der Waals surface area contributed by atoms with Crippen LogP contribution < -0.4 is 10.7 Å². The lowest BCUT2D eigenvalue weighted by Crippen LogP contribution is -2.49. The Balaban J connectivity index is 1.33. The fourth-order valence-corrected chi connectivity index (χ4v) is 4.21. The lowest BCUT2D eigenvalue weighted by molar-refractivity contribution is -0.128. The molecule has 0 atom stereocenters. The number of nitrogens with zero attached hydrogens (tertiary/aromatic N) is 5. The van der Waals surface area contributed by atoms with Crippen molar-refractivity contribution >= 4 is 23.4 Å². The number of para-hydroxylation sites is 1. The molecule has 29 heavy (non-hydrogen) atoms. The van der Waals surface area contributed by atoms with Crippen molar-refractivity contribution in [1.82, 2.24) is 19.8 Å². The standard InChI is InChI=1S/C21H24N6OS/c1-16-7-5-6-10-18(16)20-23-24-21(27(20)22)29-15-19(28)26-13-11-25(12-14-26)17-8-3-2-4-9-17/h2-10H,11-15,22H2,1H3. The number of anilines is 1. The molecule has 0 saturated carbocycles. The van der Waals surface area contributed by atoms with Crippen molar-refractivity contribution in [2.45, 2.75) is 12.1 Å². The average molecular weight is 409 g/mol. The predicted molar refractivity (Wildman–Crippen MR) is 116 cm³/mol. The van der Waals surface area contributed by atoms with E-state index >= 15 is 0 Å². The number of aryl methyl sites for hydroxylation is 1. The molecule has 1 aliphatic rings. The van der Waals surface area contributed by atoms with E-state index < -0.39 is 0 Å². The van der Waals surface area contributed by atoms with Crippen LogP contribution >= 0.6 is 11.8 Å². The van der Waals surface area contributed by atoms with Gasteiger partial charge in [0, 0.05) is 37.4 Å². The van der Waals surface area contributed by atoms with Gasteiger partial charge in [-0.2, -0.15) is 0 Å². The van der Waals surface area contributed by atoms with Crippen LogP contribution in [0.2, 0.25) is 0 Å². The number of thioether (sulfide) groups is 1. The molecule has 0 spiro atoms. The van der Waals surface area contributed by atoms with E-state index in [1.54, 1.807) is 0 Å². The molecule has 0 bridgehead atoms. The Hall–Kier alpha value is -3.00. The molecule has 4 rings (SSSR count). The lowest BCUT2D eigenvalue weighted by atomic mass is 10.1. The number of nitrogens with two attached hydrogens (primary N) is 1. The zero-order chi connectivity index (χ0) is 20.2. The summed E-state index contributed by atoms with van der Waals surface area (Å²) in [6.07, 6.45) is 0. The lowest BCUT2D eigenvalue weighted by Gasteiger charge is -2.36. The third-order valence-electron chi connectivity index (χ3n) is 5.13. The summed E-state index contributed by atoms with van der Waals surface area (Å²) in [4.78, 5) is 16.9. The molecule has 150 valence electrons. The second-order valence-electron chi connectivity index (χ2n) is 6.98. The average Bonchev–Trinajstić information content (AvgIpc) is 3.13. The normalized spacial score (nSPS) is 14.2. The molecule has 0 radical (unpaired) electrons. The number of hydrogen-bond donors (Lipinski definition) is 1. The van der Waals surface area contributed by atoms with Gasteiger partial charge in [0.2, 0.25) is 11.1 Å². The summed E-state index contributed by atoms with van der Waals surface area (Å²) in [5, 5.41) is 8.93. The first kappa shape index (κ1) is 19.3. The molecule has 7 nitrogen and oxygen atoms in total. The maximum atomic E-state index is 12.6. The van der Waals surface area contributed by atoms with Crippen molar-refractivity contribution < 1.29 is 4.79 Å². The maximum absolute atomic E-state index is 12.6. The first-order valence-corrected chi connectivity index (χ1v) is 10.6. The summed E-state index contributed by atoms with van der Waals surface area (Å²) in [7, 11) is 0. The fourth-order valence-electron chi connectivity index (χ4n) is 3.45. The minimum atomic E-state index is 0.100. The second kappa shape index (κ2) is 8.57. The molecule has 2 heterocycles. The van der Waals surface area contributed by atoms with Crippen molar-refractivity contribution in [2.75, 3.05) is 42.7 Å². The first-order valence-electron chi connectivity index (χ1n) is 9.60. The number of aromatic nitrogens is 3. The van der Waals surface area contributed by atoms with Crippen LogP contribution in [-0.2, 0) is 4.79 Å². The monoisotopic (exact) mass is 408 g/mol. The molecule has 8 heteroatoms. The van der Waals surface area contributed by atoms with Crippen LogP contribution in [0.4, 0.5) is 5.69 Å². The molecule has 1 aliphatic heterocycles. The number of carbonyl (C=O) groups is 1. The second-order valence-corrected chi connectivity index (χ2v) is 7.93. The van der Waals surface area contributed by atoms with Crippen molar-refractivity contribution in [3.8, 4) is 11.4 Å². The van der Waals surface area contributed by atoms with E-state index in [0.717, 1.165) is 37.3 Å². The topological polar surface area (TPSA) is 80.3 Å². The first-order chi connectivity index (χ1) is 14.1. The van der Waals surface area contributed by atoms with Gasteiger partial charge in [-0.1, -0.05) is 54.2 Å². The highest BCUT2D eigenvalue weighted by atomic mass is 32.2. The van der Waals surface area contributed by atoms with Crippen LogP contribution in [0, 0.1) is 6.92 Å². The number of nitrogen functional groups attached to an aromatic ring is 1. The molecule has 1 amide bonds. The van der Waals surface area contributed by atoms with Gasteiger partial charge in [-0.25, -0.2) is 4.68 Å². The molecule has 2 N–H and O–H groups in total. The summed E-state index contributed by atoms with van der Waals surface area (Å²) >= 11 is 1.33. The summed E-state index contributed by atoms with van der Waals surface area (Å²) in [6.45, 7) is 5.13. The van der Waals surface area contributed by atoms with Gasteiger partial charge >= 0.3 is 0 Å². The molecule has 0 unspecified atom stereocenters. The SMILES string of the molecule is Cc1ccccc1-c1nnc(SCC(=O)N2CCN(c3ccccc3)CC2)n1N. The van der Waals surface area contributed by atoms with Gasteiger partial charge < -0.3 is 15.6 Å². The Bertz CT molecular complexity index is 982. The van der Waals surface area contributed by atoms with Gasteiger partial charge in [0.15, 0.2) is 5.82 Å². The molecule has 0 aliphatic carbocycles. The number of hydrogen-bond acceptors (Lipinski definition) is 6. The molecular formula is C21H24N6OS. The van der Waals surface area contributed by atoms with Gasteiger partial charge in [0.05, 0.1) is 5.75 Å². The largest absolute Gasteiger partial charge is 0.368 e. The number of piperazine rings is 1. The summed E-state index contributed by atoms with van der Waals surface area (Å²) in [6, 6.07) is 18.2. The summed E-state index contributed by atoms with van der Waals surface area (Å²) in [5.41, 5.74) is 3.22. The quantitative estimate of drug-likeness (QED) is 0.516. The summed E-state index contributed by atoms with van der Waals surface area (Å²) < 4.78 is 1.47. The predicted octanol–water partition coefficient (Wildman–Crippen LogP) is 2.41. The Morgan fingerprint density at radius 2 is 1.69 bits per heavy atom. The molecule has 3 aromatic rings. The number of benzene rings is 2. The van der Waals surface area contributed by atoms with E-state index in [9.17, 15) is 4.79 Å². The minimum Gasteiger partial charge on any atom is -0.368 e. The molecular weight excluding hydrogens is 384 g/mol. The van der Waals surface area contributed by atoms with E-state index in [2.05, 4.69) is 27.2 Å². The zero-order valence-electron chi connectivity index (χ0n) is 16.4. The molecule has 1 fully saturated rings. The maximum Gasteiger partial charge on any atom is 0.233 e. The Labute approximate surface area is 174 Å². The van der Waals surface area contributed by atoms with Gasteiger partial charge in [-0.15, -0.1) is 10.2 Å². The Kier molecular flexibility index (Phi) is 5.71. The number of carbonyl (C=O) groups excluding carboxylic acids is 1. The van der Waals surface area contributed by atoms with Gasteiger partial charge in [-0.3, -0.25) is 4.79 Å². The van der Waals surface area contributed by atoms with Crippen molar-refractivity contribution in [2.24, 2.45) is 0 Å². The minimum absolute atomic E-state index is 0.100. The summed E-state index contributed by atoms with van der Waals surface area (Å²) in [5.74, 6) is 7.20.